The van der Waals surface area contributed by atoms with Gasteiger partial charge in [0.1, 0.15) is 17.1 Å². The second-order valence-corrected chi connectivity index (χ2v) is 12.6. The highest BCUT2D eigenvalue weighted by Gasteiger charge is 2.41. The van der Waals surface area contributed by atoms with E-state index in [1.807, 2.05) is 48.5 Å². The van der Waals surface area contributed by atoms with Crippen molar-refractivity contribution in [3.63, 3.8) is 0 Å². The molecule has 0 atom stereocenters. The monoisotopic (exact) mass is 665 g/mol. The molecule has 13 heteroatoms. The molecular weight excluding hydrogens is 626 g/mol. The molecule has 2 aromatic rings. The van der Waals surface area contributed by atoms with Gasteiger partial charge in [0.15, 0.2) is 0 Å². The molecule has 0 aliphatic carbocycles. The van der Waals surface area contributed by atoms with Gasteiger partial charge in [-0.25, -0.2) is 4.79 Å². The van der Waals surface area contributed by atoms with Crippen molar-refractivity contribution in [2.24, 2.45) is 0 Å². The van der Waals surface area contributed by atoms with E-state index in [0.717, 1.165) is 45.3 Å². The number of carboxylic acid groups (broad SMARTS) is 1. The van der Waals surface area contributed by atoms with Crippen molar-refractivity contribution in [2.45, 2.75) is 46.0 Å². The summed E-state index contributed by atoms with van der Waals surface area (Å²) >= 11 is 0. The number of amides is 4. The summed E-state index contributed by atoms with van der Waals surface area (Å²) in [6.45, 7) is 5.31. The Morgan fingerprint density at radius 2 is 1.55 bits per heavy atom. The fraction of sp³-hybridized carbons (Fsp3) is 0.353. The van der Waals surface area contributed by atoms with Gasteiger partial charge in [-0.2, -0.15) is 8.42 Å². The SMILES string of the molecule is CCN(CC)c1ccc2c(c1)OC(=CC=C1C(=O)N(CCCCCC(=O)O)C(=O)N(CCCS(=O)(=O)O)C1=O)C=C2c1ccccc1. The lowest BCUT2D eigenvalue weighted by atomic mass is 9.94. The van der Waals surface area contributed by atoms with Gasteiger partial charge in [0.2, 0.25) is 0 Å². The smallest absolute Gasteiger partial charge is 0.333 e. The third kappa shape index (κ3) is 8.95. The van der Waals surface area contributed by atoms with E-state index in [2.05, 4.69) is 18.7 Å². The molecule has 1 fully saturated rings. The van der Waals surface area contributed by atoms with Crippen LogP contribution in [0.1, 0.15) is 57.1 Å². The van der Waals surface area contributed by atoms with Gasteiger partial charge >= 0.3 is 12.0 Å². The van der Waals surface area contributed by atoms with E-state index in [4.69, 9.17) is 14.4 Å². The summed E-state index contributed by atoms with van der Waals surface area (Å²) in [5.41, 5.74) is 3.31. The van der Waals surface area contributed by atoms with Crippen LogP contribution in [0, 0.1) is 0 Å². The number of allylic oxidation sites excluding steroid dienone is 3. The van der Waals surface area contributed by atoms with Gasteiger partial charge in [0.25, 0.3) is 21.9 Å². The molecule has 0 bridgehead atoms. The lowest BCUT2D eigenvalue weighted by molar-refractivity contribution is -0.138. The molecule has 0 unspecified atom stereocenters. The molecular formula is C34H39N3O9S. The van der Waals surface area contributed by atoms with Crippen LogP contribution < -0.4 is 9.64 Å². The van der Waals surface area contributed by atoms with Crippen molar-refractivity contribution in [1.29, 1.82) is 0 Å². The van der Waals surface area contributed by atoms with Gasteiger partial charge < -0.3 is 14.7 Å². The predicted molar refractivity (Wildman–Crippen MR) is 176 cm³/mol. The van der Waals surface area contributed by atoms with Gasteiger partial charge in [-0.3, -0.25) is 28.7 Å². The Hall–Kier alpha value is -4.75. The number of hydrogen-bond donors (Lipinski definition) is 2. The van der Waals surface area contributed by atoms with E-state index < -0.39 is 39.7 Å². The first-order chi connectivity index (χ1) is 22.4. The Bertz CT molecular complexity index is 1710. The van der Waals surface area contributed by atoms with Crippen LogP contribution in [0.5, 0.6) is 5.75 Å². The van der Waals surface area contributed by atoms with Gasteiger partial charge in [-0.1, -0.05) is 36.8 Å². The lowest BCUT2D eigenvalue weighted by Gasteiger charge is -2.34. The molecule has 0 aromatic heterocycles. The number of carbonyl (C=O) groups is 4. The maximum atomic E-state index is 13.5. The summed E-state index contributed by atoms with van der Waals surface area (Å²) in [4.78, 5) is 54.9. The van der Waals surface area contributed by atoms with Crippen LogP contribution >= 0.6 is 0 Å². The zero-order chi connectivity index (χ0) is 34.1. The van der Waals surface area contributed by atoms with Gasteiger partial charge in [0.05, 0.1) is 5.75 Å². The number of unbranched alkanes of at least 4 members (excludes halogenated alkanes) is 2. The fourth-order valence-corrected chi connectivity index (χ4v) is 5.94. The van der Waals surface area contributed by atoms with Gasteiger partial charge in [0, 0.05) is 49.9 Å². The maximum absolute atomic E-state index is 13.5. The molecule has 2 heterocycles. The number of aliphatic carboxylic acids is 1. The van der Waals surface area contributed by atoms with Gasteiger partial charge in [-0.15, -0.1) is 0 Å². The summed E-state index contributed by atoms with van der Waals surface area (Å²) in [7, 11) is -4.34. The number of ether oxygens (including phenoxy) is 1. The summed E-state index contributed by atoms with van der Waals surface area (Å²) in [5, 5.41) is 8.89. The Labute approximate surface area is 274 Å². The number of barbiturate groups is 1. The summed E-state index contributed by atoms with van der Waals surface area (Å²) in [5.74, 6) is -2.42. The molecule has 0 saturated carbocycles. The minimum atomic E-state index is -4.34. The highest BCUT2D eigenvalue weighted by atomic mass is 32.2. The van der Waals surface area contributed by atoms with E-state index in [9.17, 15) is 27.6 Å². The van der Waals surface area contributed by atoms with E-state index in [0.29, 0.717) is 30.8 Å². The van der Waals surface area contributed by atoms with Crippen LogP contribution in [0.2, 0.25) is 0 Å². The number of hydrogen-bond acceptors (Lipinski definition) is 8. The molecule has 2 aliphatic rings. The quantitative estimate of drug-likeness (QED) is 0.116. The number of fused-ring (bicyclic) bond motifs is 1. The van der Waals surface area contributed by atoms with Crippen molar-refractivity contribution >= 4 is 45.2 Å². The number of nitrogens with zero attached hydrogens (tertiary/aromatic N) is 3. The maximum Gasteiger partial charge on any atom is 0.333 e. The number of urea groups is 1. The molecule has 2 aromatic carbocycles. The largest absolute Gasteiger partial charge is 0.481 e. The third-order valence-corrected chi connectivity index (χ3v) is 8.67. The first-order valence-electron chi connectivity index (χ1n) is 15.5. The average molecular weight is 666 g/mol. The van der Waals surface area contributed by atoms with Crippen molar-refractivity contribution in [2.75, 3.05) is 36.8 Å². The first kappa shape index (κ1) is 35.1. The number of carboxylic acids is 1. The van der Waals surface area contributed by atoms with Crippen LogP contribution in [-0.2, 0) is 24.5 Å². The second kappa shape index (κ2) is 15.7. The molecule has 47 heavy (non-hydrogen) atoms. The molecule has 0 spiro atoms. The predicted octanol–water partition coefficient (Wildman–Crippen LogP) is 4.88. The van der Waals surface area contributed by atoms with Crippen LogP contribution in [0.4, 0.5) is 10.5 Å². The molecule has 1 saturated heterocycles. The van der Waals surface area contributed by atoms with E-state index in [1.165, 1.54) is 12.2 Å². The molecule has 4 amide bonds. The first-order valence-corrected chi connectivity index (χ1v) is 17.1. The number of rotatable bonds is 15. The topological polar surface area (TPSA) is 162 Å². The van der Waals surface area contributed by atoms with Crippen LogP contribution in [-0.4, -0.2) is 83.6 Å². The van der Waals surface area contributed by atoms with E-state index in [-0.39, 0.29) is 31.5 Å². The Balaban J connectivity index is 1.70. The van der Waals surface area contributed by atoms with Crippen LogP contribution in [0.3, 0.4) is 0 Å². The molecule has 2 aliphatic heterocycles. The second-order valence-electron chi connectivity index (χ2n) is 11.1. The molecule has 0 radical (unpaired) electrons. The number of carbonyl (C=O) groups excluding carboxylic acids is 3. The van der Waals surface area contributed by atoms with Gasteiger partial charge in [-0.05, 0) is 74.6 Å². The minimum Gasteiger partial charge on any atom is -0.481 e. The third-order valence-electron chi connectivity index (χ3n) is 7.87. The Morgan fingerprint density at radius 1 is 0.894 bits per heavy atom. The van der Waals surface area contributed by atoms with Crippen LogP contribution in [0.15, 0.2) is 78.1 Å². The van der Waals surface area contributed by atoms with E-state index in [1.54, 1.807) is 6.08 Å². The zero-order valence-electron chi connectivity index (χ0n) is 26.4. The Morgan fingerprint density at radius 3 is 2.17 bits per heavy atom. The summed E-state index contributed by atoms with van der Waals surface area (Å²) < 4.78 is 38.0. The lowest BCUT2D eigenvalue weighted by Crippen LogP contribution is -2.56. The summed E-state index contributed by atoms with van der Waals surface area (Å²) in [6, 6.07) is 14.8. The average Bonchev–Trinajstić information content (AvgIpc) is 3.03. The molecule has 4 rings (SSSR count). The number of anilines is 1. The molecule has 2 N–H and O–H groups in total. The summed E-state index contributed by atoms with van der Waals surface area (Å²) in [6.07, 6.45) is 5.38. The highest BCUT2D eigenvalue weighted by Crippen LogP contribution is 2.39. The zero-order valence-corrected chi connectivity index (χ0v) is 27.2. The highest BCUT2D eigenvalue weighted by molar-refractivity contribution is 7.85. The standard InChI is InChI=1S/C34H39N3O9S/c1-3-35(4-2)25-15-17-27-29(24-12-7-5-8-13-24)23-26(46-30(27)22-25)16-18-28-32(40)36(19-10-6-9-14-31(38)39)34(42)37(33(28)41)20-11-21-47(43,44)45/h5,7-8,12-13,15-18,22-23H,3-4,6,9-11,14,19-21H2,1-2H3,(H,38,39)(H,43,44,45). The number of benzene rings is 2. The fourth-order valence-electron chi connectivity index (χ4n) is 5.45. The van der Waals surface area contributed by atoms with Crippen LogP contribution in [0.25, 0.3) is 5.57 Å². The van der Waals surface area contributed by atoms with Crippen molar-refractivity contribution in [3.05, 3.63) is 89.2 Å². The molecule has 250 valence electrons. The van der Waals surface area contributed by atoms with Crippen molar-refractivity contribution in [1.82, 2.24) is 9.80 Å². The number of imide groups is 2. The van der Waals surface area contributed by atoms with Crippen molar-refractivity contribution in [3.8, 4) is 5.75 Å². The normalized spacial score (nSPS) is 16.7. The van der Waals surface area contributed by atoms with Crippen molar-refractivity contribution < 1.29 is 42.0 Å². The minimum absolute atomic E-state index is 0.0567. The Kier molecular flexibility index (Phi) is 11.7. The molecule has 12 nitrogen and oxygen atoms in total. The van der Waals surface area contributed by atoms with E-state index >= 15 is 0 Å².